The summed E-state index contributed by atoms with van der Waals surface area (Å²) < 4.78 is 2.41. The molecule has 1 aliphatic rings. The second-order valence-corrected chi connectivity index (χ2v) is 4.19. The number of hydrogen-bond acceptors (Lipinski definition) is 1. The molecule has 0 aromatic carbocycles. The Hall–Kier alpha value is -1.23. The lowest BCUT2D eigenvalue weighted by Gasteiger charge is -2.30. The van der Waals surface area contributed by atoms with Crippen molar-refractivity contribution in [1.82, 2.24) is 4.57 Å². The monoisotopic (exact) mass is 188 g/mol. The molecule has 0 bridgehead atoms. The highest BCUT2D eigenvalue weighted by Gasteiger charge is 2.22. The second-order valence-electron chi connectivity index (χ2n) is 4.19. The van der Waals surface area contributed by atoms with Crippen molar-refractivity contribution in [3.63, 3.8) is 0 Å². The van der Waals surface area contributed by atoms with Gasteiger partial charge in [-0.2, -0.15) is 5.26 Å². The van der Waals surface area contributed by atoms with E-state index in [9.17, 15) is 0 Å². The van der Waals surface area contributed by atoms with Crippen LogP contribution in [0.4, 0.5) is 0 Å². The van der Waals surface area contributed by atoms with Crippen molar-refractivity contribution in [2.24, 2.45) is 0 Å². The number of hydrogen-bond donors (Lipinski definition) is 0. The van der Waals surface area contributed by atoms with Gasteiger partial charge in [0.1, 0.15) is 0 Å². The average Bonchev–Trinajstić information content (AvgIpc) is 2.31. The van der Waals surface area contributed by atoms with Gasteiger partial charge in [0, 0.05) is 17.4 Å². The van der Waals surface area contributed by atoms with Crippen LogP contribution in [0.25, 0.3) is 0 Å². The van der Waals surface area contributed by atoms with Crippen molar-refractivity contribution in [1.29, 1.82) is 5.26 Å². The topological polar surface area (TPSA) is 28.7 Å². The van der Waals surface area contributed by atoms with Crippen LogP contribution in [0.5, 0.6) is 0 Å². The highest BCUT2D eigenvalue weighted by molar-refractivity contribution is 5.30. The van der Waals surface area contributed by atoms with Crippen LogP contribution >= 0.6 is 0 Å². The fourth-order valence-corrected chi connectivity index (χ4v) is 2.32. The van der Waals surface area contributed by atoms with E-state index in [1.807, 2.05) is 0 Å². The van der Waals surface area contributed by atoms with E-state index in [1.165, 1.54) is 36.2 Å². The molecule has 1 aromatic rings. The molecule has 1 saturated carbocycles. The Kier molecular flexibility index (Phi) is 2.33. The van der Waals surface area contributed by atoms with Gasteiger partial charge in [0.05, 0.1) is 12.5 Å². The molecule has 0 unspecified atom stereocenters. The van der Waals surface area contributed by atoms with E-state index in [0.717, 1.165) is 0 Å². The lowest BCUT2D eigenvalue weighted by atomic mass is 9.92. The molecule has 0 amide bonds. The molecule has 1 heterocycles. The third-order valence-corrected chi connectivity index (χ3v) is 3.30. The van der Waals surface area contributed by atoms with Gasteiger partial charge in [0.25, 0.3) is 0 Å². The maximum absolute atomic E-state index is 8.69. The van der Waals surface area contributed by atoms with Crippen LogP contribution in [0.3, 0.4) is 0 Å². The van der Waals surface area contributed by atoms with E-state index in [-0.39, 0.29) is 0 Å². The summed E-state index contributed by atoms with van der Waals surface area (Å²) in [5.74, 6) is 0. The fraction of sp³-hybridized carbons (Fsp3) is 0.583. The Morgan fingerprint density at radius 1 is 1.50 bits per heavy atom. The van der Waals surface area contributed by atoms with Crippen LogP contribution in [-0.2, 0) is 6.42 Å². The maximum Gasteiger partial charge on any atom is 0.0670 e. The molecule has 0 N–H and O–H groups in total. The molecule has 1 aliphatic carbocycles. The molecule has 1 fully saturated rings. The summed E-state index contributed by atoms with van der Waals surface area (Å²) >= 11 is 0. The summed E-state index contributed by atoms with van der Waals surface area (Å²) in [5, 5.41) is 8.69. The molecule has 0 saturated heterocycles. The summed E-state index contributed by atoms with van der Waals surface area (Å²) in [6, 6.07) is 5.10. The summed E-state index contributed by atoms with van der Waals surface area (Å²) in [5.41, 5.74) is 3.82. The molecule has 1 aromatic heterocycles. The molecule has 14 heavy (non-hydrogen) atoms. The molecular weight excluding hydrogens is 172 g/mol. The molecule has 2 rings (SSSR count). The lowest BCUT2D eigenvalue weighted by Crippen LogP contribution is -2.19. The highest BCUT2D eigenvalue weighted by Crippen LogP contribution is 2.35. The number of rotatable bonds is 2. The van der Waals surface area contributed by atoms with Gasteiger partial charge in [-0.15, -0.1) is 0 Å². The van der Waals surface area contributed by atoms with E-state index in [2.05, 4.69) is 30.6 Å². The van der Waals surface area contributed by atoms with Gasteiger partial charge in [-0.25, -0.2) is 0 Å². The zero-order valence-corrected chi connectivity index (χ0v) is 8.88. The molecule has 0 radical (unpaired) electrons. The number of nitriles is 1. The smallest absolute Gasteiger partial charge is 0.0670 e. The fourth-order valence-electron chi connectivity index (χ4n) is 2.32. The molecule has 0 spiro atoms. The largest absolute Gasteiger partial charge is 0.346 e. The van der Waals surface area contributed by atoms with Crippen LogP contribution in [0.2, 0.25) is 0 Å². The molecule has 2 nitrogen and oxygen atoms in total. The minimum absolute atomic E-state index is 0.548. The van der Waals surface area contributed by atoms with E-state index >= 15 is 0 Å². The van der Waals surface area contributed by atoms with Crippen molar-refractivity contribution in [3.8, 4) is 6.07 Å². The van der Waals surface area contributed by atoms with Crippen LogP contribution < -0.4 is 0 Å². The van der Waals surface area contributed by atoms with Gasteiger partial charge in [-0.3, -0.25) is 0 Å². The Balaban J connectivity index is 2.34. The molecule has 0 atom stereocenters. The SMILES string of the molecule is Cc1cc(CC#N)c(C)n1C1CCC1. The van der Waals surface area contributed by atoms with E-state index < -0.39 is 0 Å². The number of aryl methyl sites for hydroxylation is 1. The Morgan fingerprint density at radius 2 is 2.21 bits per heavy atom. The molecular formula is C12H16N2. The third kappa shape index (κ3) is 1.33. The summed E-state index contributed by atoms with van der Waals surface area (Å²) in [7, 11) is 0. The predicted octanol–water partition coefficient (Wildman–Crippen LogP) is 2.90. The van der Waals surface area contributed by atoms with Crippen molar-refractivity contribution in [2.45, 2.75) is 45.6 Å². The molecule has 2 heteroatoms. The number of nitrogens with zero attached hydrogens (tertiary/aromatic N) is 2. The van der Waals surface area contributed by atoms with Crippen molar-refractivity contribution < 1.29 is 0 Å². The van der Waals surface area contributed by atoms with Gasteiger partial charge in [0.2, 0.25) is 0 Å². The summed E-state index contributed by atoms with van der Waals surface area (Å²) in [6.07, 6.45) is 4.52. The average molecular weight is 188 g/mol. The van der Waals surface area contributed by atoms with Crippen molar-refractivity contribution >= 4 is 0 Å². The van der Waals surface area contributed by atoms with Crippen molar-refractivity contribution in [2.75, 3.05) is 0 Å². The summed E-state index contributed by atoms with van der Waals surface area (Å²) in [6.45, 7) is 4.28. The lowest BCUT2D eigenvalue weighted by molar-refractivity contribution is 0.306. The van der Waals surface area contributed by atoms with E-state index in [1.54, 1.807) is 0 Å². The summed E-state index contributed by atoms with van der Waals surface area (Å²) in [4.78, 5) is 0. The Labute approximate surface area is 85.2 Å². The van der Waals surface area contributed by atoms with Crippen molar-refractivity contribution in [3.05, 3.63) is 23.0 Å². The van der Waals surface area contributed by atoms with E-state index in [4.69, 9.17) is 5.26 Å². The normalized spacial score (nSPS) is 16.4. The zero-order valence-electron chi connectivity index (χ0n) is 8.88. The van der Waals surface area contributed by atoms with Gasteiger partial charge >= 0.3 is 0 Å². The third-order valence-electron chi connectivity index (χ3n) is 3.30. The first kappa shape index (κ1) is 9.33. The second kappa shape index (κ2) is 3.49. The predicted molar refractivity (Wildman–Crippen MR) is 56.1 cm³/mol. The first-order chi connectivity index (χ1) is 6.74. The Morgan fingerprint density at radius 3 is 2.71 bits per heavy atom. The first-order valence-electron chi connectivity index (χ1n) is 5.28. The van der Waals surface area contributed by atoms with Gasteiger partial charge in [0.15, 0.2) is 0 Å². The van der Waals surface area contributed by atoms with Crippen LogP contribution in [-0.4, -0.2) is 4.57 Å². The Bertz CT molecular complexity index is 378. The minimum atomic E-state index is 0.548. The standard InChI is InChI=1S/C12H16N2/c1-9-8-11(6-7-13)10(2)14(9)12-4-3-5-12/h8,12H,3-6H2,1-2H3. The highest BCUT2D eigenvalue weighted by atomic mass is 15.0. The molecule has 0 aliphatic heterocycles. The molecule has 74 valence electrons. The van der Waals surface area contributed by atoms with Gasteiger partial charge in [-0.1, -0.05) is 0 Å². The first-order valence-corrected chi connectivity index (χ1v) is 5.28. The van der Waals surface area contributed by atoms with Crippen LogP contribution in [0.15, 0.2) is 6.07 Å². The van der Waals surface area contributed by atoms with Gasteiger partial charge < -0.3 is 4.57 Å². The number of aromatic nitrogens is 1. The van der Waals surface area contributed by atoms with Crippen LogP contribution in [0, 0.1) is 25.2 Å². The van der Waals surface area contributed by atoms with Gasteiger partial charge in [-0.05, 0) is 44.7 Å². The maximum atomic E-state index is 8.69. The quantitative estimate of drug-likeness (QED) is 0.701. The zero-order chi connectivity index (χ0) is 10.1. The van der Waals surface area contributed by atoms with E-state index in [0.29, 0.717) is 12.5 Å². The minimum Gasteiger partial charge on any atom is -0.346 e. The van der Waals surface area contributed by atoms with Crippen LogP contribution in [0.1, 0.15) is 42.3 Å².